The number of hydrogen-bond donors (Lipinski definition) is 1. The molecule has 2 heterocycles. The molecule has 2 aromatic carbocycles. The number of aromatic amines is 1. The minimum atomic E-state index is -3.26. The summed E-state index contributed by atoms with van der Waals surface area (Å²) in [5.74, 6) is 0.0326. The Morgan fingerprint density at radius 2 is 1.79 bits per heavy atom. The number of sulfone groups is 1. The standard InChI is InChI=1S/C25H25Cl2N3O3S/c1-34(32,33)20-5-2-15(3-6-20)17-12-22(26)21(23(27)13-17)11-16-8-9-30(25(16)31)19-4-7-24-18(10-19)14-28-29-24/h2-3,5-6,12-14,16,19H,4,7-11H2,1H3,(H,28,29)/t16-,19?/m0/s1. The molecule has 1 unspecified atom stereocenters. The molecule has 1 fully saturated rings. The van der Waals surface area contributed by atoms with Crippen molar-refractivity contribution in [1.82, 2.24) is 15.1 Å². The molecule has 5 rings (SSSR count). The van der Waals surface area contributed by atoms with E-state index in [1.807, 2.05) is 23.2 Å². The molecular formula is C25H25Cl2N3O3S. The second kappa shape index (κ2) is 9.02. The fourth-order valence-corrected chi connectivity index (χ4v) is 6.35. The second-order valence-electron chi connectivity index (χ2n) is 9.19. The van der Waals surface area contributed by atoms with E-state index in [9.17, 15) is 13.2 Å². The molecule has 1 amide bonds. The van der Waals surface area contributed by atoms with E-state index in [-0.39, 0.29) is 22.8 Å². The number of rotatable bonds is 5. The molecule has 1 aliphatic heterocycles. The number of nitrogens with zero attached hydrogens (tertiary/aromatic N) is 2. The largest absolute Gasteiger partial charge is 0.339 e. The first kappa shape index (κ1) is 23.4. The summed E-state index contributed by atoms with van der Waals surface area (Å²) in [6, 6.07) is 10.5. The van der Waals surface area contributed by atoms with Crippen LogP contribution in [0.3, 0.4) is 0 Å². The lowest BCUT2D eigenvalue weighted by Crippen LogP contribution is -2.41. The topological polar surface area (TPSA) is 83.1 Å². The molecule has 1 aliphatic carbocycles. The van der Waals surface area contributed by atoms with Crippen molar-refractivity contribution in [3.63, 3.8) is 0 Å². The van der Waals surface area contributed by atoms with Gasteiger partial charge < -0.3 is 4.90 Å². The molecule has 2 aliphatic rings. The van der Waals surface area contributed by atoms with E-state index in [4.69, 9.17) is 23.2 Å². The van der Waals surface area contributed by atoms with Crippen LogP contribution in [-0.4, -0.2) is 48.3 Å². The van der Waals surface area contributed by atoms with Gasteiger partial charge in [-0.3, -0.25) is 9.89 Å². The first-order valence-corrected chi connectivity index (χ1v) is 14.0. The van der Waals surface area contributed by atoms with Gasteiger partial charge >= 0.3 is 0 Å². The maximum absolute atomic E-state index is 13.3. The number of likely N-dealkylation sites (tertiary alicyclic amines) is 1. The van der Waals surface area contributed by atoms with E-state index < -0.39 is 9.84 Å². The monoisotopic (exact) mass is 517 g/mol. The van der Waals surface area contributed by atoms with Crippen molar-refractivity contribution in [2.24, 2.45) is 5.92 Å². The van der Waals surface area contributed by atoms with Gasteiger partial charge in [-0.15, -0.1) is 0 Å². The van der Waals surface area contributed by atoms with E-state index >= 15 is 0 Å². The van der Waals surface area contributed by atoms with Crippen LogP contribution in [0.5, 0.6) is 0 Å². The molecule has 0 bridgehead atoms. The van der Waals surface area contributed by atoms with Crippen LogP contribution in [0, 0.1) is 5.92 Å². The van der Waals surface area contributed by atoms with Gasteiger partial charge in [0.15, 0.2) is 9.84 Å². The van der Waals surface area contributed by atoms with Crippen molar-refractivity contribution < 1.29 is 13.2 Å². The van der Waals surface area contributed by atoms with Crippen LogP contribution in [0.1, 0.15) is 29.7 Å². The number of aryl methyl sites for hydroxylation is 1. The molecule has 178 valence electrons. The number of amides is 1. The van der Waals surface area contributed by atoms with Crippen LogP contribution < -0.4 is 0 Å². The molecule has 3 aromatic rings. The fourth-order valence-electron chi connectivity index (χ4n) is 5.08. The van der Waals surface area contributed by atoms with E-state index in [1.165, 1.54) is 11.8 Å². The average Bonchev–Trinajstić information content (AvgIpc) is 3.41. The lowest BCUT2D eigenvalue weighted by atomic mass is 9.92. The SMILES string of the molecule is CS(=O)(=O)c1ccc(-c2cc(Cl)c(C[C@@H]3CCN(C4CCc5n[nH]cc5C4)C3=O)c(Cl)c2)cc1. The number of aromatic nitrogens is 2. The van der Waals surface area contributed by atoms with Crippen molar-refractivity contribution in [3.8, 4) is 11.1 Å². The Bertz CT molecular complexity index is 1330. The van der Waals surface area contributed by atoms with Gasteiger partial charge in [-0.05, 0) is 78.6 Å². The molecule has 0 radical (unpaired) electrons. The number of benzene rings is 2. The van der Waals surface area contributed by atoms with Crippen molar-refractivity contribution in [2.75, 3.05) is 12.8 Å². The smallest absolute Gasteiger partial charge is 0.226 e. The summed E-state index contributed by atoms with van der Waals surface area (Å²) >= 11 is 13.3. The molecule has 1 N–H and O–H groups in total. The maximum atomic E-state index is 13.3. The van der Waals surface area contributed by atoms with Crippen LogP contribution in [-0.2, 0) is 33.9 Å². The van der Waals surface area contributed by atoms with Gasteiger partial charge in [-0.25, -0.2) is 8.42 Å². The van der Waals surface area contributed by atoms with Crippen LogP contribution in [0.25, 0.3) is 11.1 Å². The number of carbonyl (C=O) groups is 1. The molecule has 2 atom stereocenters. The number of carbonyl (C=O) groups excluding carboxylic acids is 1. The van der Waals surface area contributed by atoms with E-state index in [0.29, 0.717) is 16.5 Å². The van der Waals surface area contributed by atoms with Gasteiger partial charge in [0.05, 0.1) is 10.6 Å². The quantitative estimate of drug-likeness (QED) is 0.529. The molecule has 0 spiro atoms. The van der Waals surface area contributed by atoms with Gasteiger partial charge in [0.25, 0.3) is 0 Å². The Kier molecular flexibility index (Phi) is 6.21. The van der Waals surface area contributed by atoms with Gasteiger partial charge in [0, 0.05) is 41.0 Å². The normalized spacial score (nSPS) is 20.6. The third-order valence-electron chi connectivity index (χ3n) is 6.98. The first-order chi connectivity index (χ1) is 16.2. The summed E-state index contributed by atoms with van der Waals surface area (Å²) in [4.78, 5) is 15.5. The minimum Gasteiger partial charge on any atom is -0.339 e. The van der Waals surface area contributed by atoms with Crippen molar-refractivity contribution in [1.29, 1.82) is 0 Å². The molecule has 9 heteroatoms. The Morgan fingerprint density at radius 1 is 1.09 bits per heavy atom. The Labute approximate surface area is 209 Å². The van der Waals surface area contributed by atoms with Crippen molar-refractivity contribution in [2.45, 2.75) is 43.0 Å². The summed E-state index contributed by atoms with van der Waals surface area (Å²) in [5.41, 5.74) is 4.72. The average molecular weight is 518 g/mol. The first-order valence-electron chi connectivity index (χ1n) is 11.3. The number of fused-ring (bicyclic) bond motifs is 1. The zero-order valence-corrected chi connectivity index (χ0v) is 21.1. The predicted molar refractivity (Wildman–Crippen MR) is 133 cm³/mol. The van der Waals surface area contributed by atoms with Crippen LogP contribution >= 0.6 is 23.2 Å². The number of nitrogens with one attached hydrogen (secondary N) is 1. The Balaban J connectivity index is 1.31. The van der Waals surface area contributed by atoms with Crippen LogP contribution in [0.15, 0.2) is 47.5 Å². The highest BCUT2D eigenvalue weighted by Crippen LogP contribution is 2.36. The third kappa shape index (κ3) is 4.49. The highest BCUT2D eigenvalue weighted by atomic mass is 35.5. The van der Waals surface area contributed by atoms with Crippen LogP contribution in [0.4, 0.5) is 0 Å². The molecule has 6 nitrogen and oxygen atoms in total. The van der Waals surface area contributed by atoms with E-state index in [2.05, 4.69) is 10.2 Å². The summed E-state index contributed by atoms with van der Waals surface area (Å²) in [5, 5.41) is 8.25. The minimum absolute atomic E-state index is 0.138. The van der Waals surface area contributed by atoms with Crippen molar-refractivity contribution in [3.05, 3.63) is 69.5 Å². The maximum Gasteiger partial charge on any atom is 0.226 e. The van der Waals surface area contributed by atoms with Gasteiger partial charge in [0.2, 0.25) is 5.91 Å². The van der Waals surface area contributed by atoms with E-state index in [1.54, 1.807) is 24.3 Å². The molecule has 1 saturated heterocycles. The molecular weight excluding hydrogens is 493 g/mol. The second-order valence-corrected chi connectivity index (χ2v) is 12.0. The summed E-state index contributed by atoms with van der Waals surface area (Å²) in [7, 11) is -3.26. The highest BCUT2D eigenvalue weighted by molar-refractivity contribution is 7.90. The van der Waals surface area contributed by atoms with Crippen LogP contribution in [0.2, 0.25) is 10.0 Å². The van der Waals surface area contributed by atoms with Gasteiger partial charge in [-0.2, -0.15) is 5.10 Å². The molecule has 34 heavy (non-hydrogen) atoms. The Morgan fingerprint density at radius 3 is 2.47 bits per heavy atom. The number of halogens is 2. The third-order valence-corrected chi connectivity index (χ3v) is 8.78. The summed E-state index contributed by atoms with van der Waals surface area (Å²) < 4.78 is 23.4. The molecule has 0 saturated carbocycles. The van der Waals surface area contributed by atoms with Crippen molar-refractivity contribution >= 4 is 38.9 Å². The lowest BCUT2D eigenvalue weighted by molar-refractivity contribution is -0.133. The zero-order chi connectivity index (χ0) is 24.0. The molecule has 1 aromatic heterocycles. The number of H-pyrrole nitrogens is 1. The fraction of sp³-hybridized carbons (Fsp3) is 0.360. The predicted octanol–water partition coefficient (Wildman–Crippen LogP) is 4.74. The Hall–Kier alpha value is -2.35. The van der Waals surface area contributed by atoms with Gasteiger partial charge in [-0.1, -0.05) is 35.3 Å². The zero-order valence-electron chi connectivity index (χ0n) is 18.7. The van der Waals surface area contributed by atoms with E-state index in [0.717, 1.165) is 54.6 Å². The highest BCUT2D eigenvalue weighted by Gasteiger charge is 2.38. The number of hydrogen-bond acceptors (Lipinski definition) is 4. The lowest BCUT2D eigenvalue weighted by Gasteiger charge is -2.31. The summed E-state index contributed by atoms with van der Waals surface area (Å²) in [6.07, 6.45) is 7.08. The van der Waals surface area contributed by atoms with Gasteiger partial charge in [0.1, 0.15) is 0 Å². The summed E-state index contributed by atoms with van der Waals surface area (Å²) in [6.45, 7) is 0.751.